The molecule has 0 aliphatic heterocycles. The van der Waals surface area contributed by atoms with Crippen LogP contribution in [0.4, 0.5) is 0 Å². The fourth-order valence-electron chi connectivity index (χ4n) is 1.71. The molecule has 0 radical (unpaired) electrons. The molecule has 0 bridgehead atoms. The third kappa shape index (κ3) is 7.14. The molecule has 0 atom stereocenters. The van der Waals surface area contributed by atoms with Gasteiger partial charge in [-0.05, 0) is 58.4 Å². The predicted molar refractivity (Wildman–Crippen MR) is 80.0 cm³/mol. The highest BCUT2D eigenvalue weighted by molar-refractivity contribution is 5.71. The second-order valence-electron chi connectivity index (χ2n) is 5.59. The first-order valence-corrected chi connectivity index (χ1v) is 7.05. The molecule has 0 fully saturated rings. The van der Waals surface area contributed by atoms with Crippen LogP contribution in [0.15, 0.2) is 24.3 Å². The standard InChI is InChI=1S/C16H25NO3/c1-5-19-15(18)12-17-11-10-13-6-8-14(9-7-13)20-16(2,3)4/h6-9,17H,5,10-12H2,1-4H3. The zero-order valence-electron chi connectivity index (χ0n) is 12.9. The maximum atomic E-state index is 11.1. The Morgan fingerprint density at radius 1 is 1.20 bits per heavy atom. The highest BCUT2D eigenvalue weighted by Gasteiger charge is 2.11. The van der Waals surface area contributed by atoms with Gasteiger partial charge in [0, 0.05) is 0 Å². The van der Waals surface area contributed by atoms with Crippen molar-refractivity contribution < 1.29 is 14.3 Å². The van der Waals surface area contributed by atoms with Crippen LogP contribution in [0.5, 0.6) is 5.75 Å². The van der Waals surface area contributed by atoms with Crippen molar-refractivity contribution in [2.75, 3.05) is 19.7 Å². The van der Waals surface area contributed by atoms with Crippen LogP contribution in [0.2, 0.25) is 0 Å². The summed E-state index contributed by atoms with van der Waals surface area (Å²) in [7, 11) is 0. The highest BCUT2D eigenvalue weighted by atomic mass is 16.5. The molecule has 0 heterocycles. The molecule has 1 aromatic rings. The molecule has 1 aromatic carbocycles. The Balaban J connectivity index is 2.30. The van der Waals surface area contributed by atoms with Crippen molar-refractivity contribution in [3.8, 4) is 5.75 Å². The number of esters is 1. The fraction of sp³-hybridized carbons (Fsp3) is 0.562. The van der Waals surface area contributed by atoms with Crippen molar-refractivity contribution in [1.29, 1.82) is 0 Å². The number of hydrogen-bond acceptors (Lipinski definition) is 4. The quantitative estimate of drug-likeness (QED) is 0.615. The molecule has 0 spiro atoms. The first-order chi connectivity index (χ1) is 9.40. The Labute approximate surface area is 121 Å². The molecule has 0 saturated heterocycles. The van der Waals surface area contributed by atoms with Gasteiger partial charge in [0.2, 0.25) is 0 Å². The maximum Gasteiger partial charge on any atom is 0.319 e. The van der Waals surface area contributed by atoms with Crippen molar-refractivity contribution >= 4 is 5.97 Å². The molecule has 0 aliphatic carbocycles. The molecular weight excluding hydrogens is 254 g/mol. The lowest BCUT2D eigenvalue weighted by atomic mass is 10.1. The summed E-state index contributed by atoms with van der Waals surface area (Å²) in [6, 6.07) is 8.05. The van der Waals surface area contributed by atoms with E-state index in [1.54, 1.807) is 6.92 Å². The molecule has 4 heteroatoms. The largest absolute Gasteiger partial charge is 0.488 e. The second-order valence-corrected chi connectivity index (χ2v) is 5.59. The summed E-state index contributed by atoms with van der Waals surface area (Å²) in [6.45, 7) is 9.33. The summed E-state index contributed by atoms with van der Waals surface area (Å²) in [6.07, 6.45) is 0.870. The van der Waals surface area contributed by atoms with E-state index in [1.165, 1.54) is 5.56 Å². The van der Waals surface area contributed by atoms with Crippen LogP contribution in [-0.2, 0) is 16.0 Å². The van der Waals surface area contributed by atoms with E-state index in [-0.39, 0.29) is 18.1 Å². The molecule has 112 valence electrons. The Bertz CT molecular complexity index is 407. The minimum atomic E-state index is -0.207. The van der Waals surface area contributed by atoms with Gasteiger partial charge in [0.25, 0.3) is 0 Å². The van der Waals surface area contributed by atoms with E-state index in [9.17, 15) is 4.79 Å². The van der Waals surface area contributed by atoms with Crippen molar-refractivity contribution in [2.45, 2.75) is 39.7 Å². The number of nitrogens with one attached hydrogen (secondary N) is 1. The van der Waals surface area contributed by atoms with Crippen LogP contribution in [0.25, 0.3) is 0 Å². The number of hydrogen-bond donors (Lipinski definition) is 1. The van der Waals surface area contributed by atoms with Crippen LogP contribution >= 0.6 is 0 Å². The SMILES string of the molecule is CCOC(=O)CNCCc1ccc(OC(C)(C)C)cc1. The van der Waals surface area contributed by atoms with E-state index < -0.39 is 0 Å². The number of rotatable bonds is 7. The maximum absolute atomic E-state index is 11.1. The summed E-state index contributed by atoms with van der Waals surface area (Å²) >= 11 is 0. The monoisotopic (exact) mass is 279 g/mol. The summed E-state index contributed by atoms with van der Waals surface area (Å²) in [4.78, 5) is 11.1. The number of carbonyl (C=O) groups is 1. The predicted octanol–water partition coefficient (Wildman–Crippen LogP) is 2.56. The summed E-state index contributed by atoms with van der Waals surface area (Å²) in [5.74, 6) is 0.669. The van der Waals surface area contributed by atoms with E-state index in [0.29, 0.717) is 6.61 Å². The van der Waals surface area contributed by atoms with Crippen molar-refractivity contribution in [1.82, 2.24) is 5.32 Å². The lowest BCUT2D eigenvalue weighted by Crippen LogP contribution is -2.26. The third-order valence-electron chi connectivity index (χ3n) is 2.51. The Kier molecular flexibility index (Phi) is 6.52. The molecule has 1 rings (SSSR count). The molecule has 0 unspecified atom stereocenters. The van der Waals surface area contributed by atoms with Crippen LogP contribution in [0.3, 0.4) is 0 Å². The van der Waals surface area contributed by atoms with Gasteiger partial charge < -0.3 is 14.8 Å². The molecule has 4 nitrogen and oxygen atoms in total. The normalized spacial score (nSPS) is 11.2. The second kappa shape index (κ2) is 7.90. The molecule has 0 aliphatic rings. The zero-order chi connectivity index (χ0) is 15.0. The van der Waals surface area contributed by atoms with E-state index in [0.717, 1.165) is 18.7 Å². The van der Waals surface area contributed by atoms with Gasteiger partial charge in [-0.25, -0.2) is 0 Å². The topological polar surface area (TPSA) is 47.6 Å². The summed E-state index contributed by atoms with van der Waals surface area (Å²) in [5.41, 5.74) is 1.03. The van der Waals surface area contributed by atoms with Gasteiger partial charge in [-0.1, -0.05) is 12.1 Å². The average Bonchev–Trinajstić information content (AvgIpc) is 2.35. The van der Waals surface area contributed by atoms with Gasteiger partial charge in [0.05, 0.1) is 13.2 Å². The molecular formula is C16H25NO3. The van der Waals surface area contributed by atoms with Gasteiger partial charge >= 0.3 is 5.97 Å². The lowest BCUT2D eigenvalue weighted by molar-refractivity contribution is -0.141. The van der Waals surface area contributed by atoms with E-state index in [2.05, 4.69) is 5.32 Å². The van der Waals surface area contributed by atoms with Gasteiger partial charge in [-0.2, -0.15) is 0 Å². The lowest BCUT2D eigenvalue weighted by Gasteiger charge is -2.21. The van der Waals surface area contributed by atoms with Crippen LogP contribution in [0.1, 0.15) is 33.3 Å². The number of carbonyl (C=O) groups excluding carboxylic acids is 1. The average molecular weight is 279 g/mol. The van der Waals surface area contributed by atoms with E-state index >= 15 is 0 Å². The first-order valence-electron chi connectivity index (χ1n) is 7.05. The Morgan fingerprint density at radius 3 is 2.40 bits per heavy atom. The first kappa shape index (κ1) is 16.5. The van der Waals surface area contributed by atoms with Gasteiger partial charge in [-0.15, -0.1) is 0 Å². The minimum absolute atomic E-state index is 0.178. The smallest absolute Gasteiger partial charge is 0.319 e. The Hall–Kier alpha value is -1.55. The van der Waals surface area contributed by atoms with Crippen LogP contribution in [-0.4, -0.2) is 31.3 Å². The van der Waals surface area contributed by atoms with Gasteiger partial charge in [0.1, 0.15) is 11.4 Å². The number of benzene rings is 1. The van der Waals surface area contributed by atoms with E-state index in [4.69, 9.17) is 9.47 Å². The third-order valence-corrected chi connectivity index (χ3v) is 2.51. The van der Waals surface area contributed by atoms with Crippen molar-refractivity contribution in [2.24, 2.45) is 0 Å². The van der Waals surface area contributed by atoms with Crippen molar-refractivity contribution in [3.63, 3.8) is 0 Å². The van der Waals surface area contributed by atoms with Gasteiger partial charge in [-0.3, -0.25) is 4.79 Å². The molecule has 1 N–H and O–H groups in total. The molecule has 0 aromatic heterocycles. The van der Waals surface area contributed by atoms with E-state index in [1.807, 2.05) is 45.0 Å². The molecule has 0 saturated carbocycles. The van der Waals surface area contributed by atoms with Gasteiger partial charge in [0.15, 0.2) is 0 Å². The summed E-state index contributed by atoms with van der Waals surface area (Å²) < 4.78 is 10.6. The highest BCUT2D eigenvalue weighted by Crippen LogP contribution is 2.18. The Morgan fingerprint density at radius 2 is 1.85 bits per heavy atom. The zero-order valence-corrected chi connectivity index (χ0v) is 12.9. The molecule has 20 heavy (non-hydrogen) atoms. The van der Waals surface area contributed by atoms with Crippen molar-refractivity contribution in [3.05, 3.63) is 29.8 Å². The fourth-order valence-corrected chi connectivity index (χ4v) is 1.71. The summed E-state index contributed by atoms with van der Waals surface area (Å²) in [5, 5.41) is 3.07. The van der Waals surface area contributed by atoms with Crippen LogP contribution < -0.4 is 10.1 Å². The number of ether oxygens (including phenoxy) is 2. The minimum Gasteiger partial charge on any atom is -0.488 e. The molecule has 0 amide bonds. The van der Waals surface area contributed by atoms with Crippen LogP contribution in [0, 0.1) is 0 Å².